The van der Waals surface area contributed by atoms with Crippen LogP contribution in [0.15, 0.2) is 12.3 Å². The molecule has 2 N–H and O–H groups in total. The van der Waals surface area contributed by atoms with E-state index in [1.807, 2.05) is 0 Å². The highest BCUT2D eigenvalue weighted by atomic mass is 35.5. The van der Waals surface area contributed by atoms with Gasteiger partial charge in [0.05, 0.1) is 6.61 Å². The zero-order valence-electron chi connectivity index (χ0n) is 13.4. The van der Waals surface area contributed by atoms with Crippen molar-refractivity contribution in [1.82, 2.24) is 9.55 Å². The third-order valence-electron chi connectivity index (χ3n) is 4.06. The number of unbranched alkanes of at least 4 members (excludes halogenated alkanes) is 2. The molecule has 1 fully saturated rings. The second-order valence-corrected chi connectivity index (χ2v) is 5.74. The Balaban J connectivity index is 0.00000208. The molecule has 0 aromatic carbocycles. The Morgan fingerprint density at radius 1 is 1.50 bits per heavy atom. The summed E-state index contributed by atoms with van der Waals surface area (Å²) in [6.07, 6.45) is 2.39. The molecule has 1 aromatic heterocycles. The minimum Gasteiger partial charge on any atom is -0.455 e. The molecule has 134 valence electrons. The van der Waals surface area contributed by atoms with Crippen LogP contribution in [-0.2, 0) is 14.3 Å². The smallest absolute Gasteiger partial charge is 0.306 e. The molecule has 0 amide bonds. The van der Waals surface area contributed by atoms with E-state index >= 15 is 0 Å². The summed E-state index contributed by atoms with van der Waals surface area (Å²) in [6.45, 7) is 1.81. The van der Waals surface area contributed by atoms with Crippen molar-refractivity contribution in [1.29, 1.82) is 5.41 Å². The monoisotopic (exact) mass is 359 g/mol. The summed E-state index contributed by atoms with van der Waals surface area (Å²) < 4.78 is 18.6. The minimum absolute atomic E-state index is 0. The van der Waals surface area contributed by atoms with Gasteiger partial charge in [-0.25, -0.2) is 0 Å². The molecule has 0 aliphatic carbocycles. The summed E-state index contributed by atoms with van der Waals surface area (Å²) >= 11 is 0. The Kier molecular flexibility index (Phi) is 6.20. The lowest BCUT2D eigenvalue weighted by Gasteiger charge is -2.20. The predicted molar refractivity (Wildman–Crippen MR) is 84.8 cm³/mol. The lowest BCUT2D eigenvalue weighted by molar-refractivity contribution is -0.156. The van der Waals surface area contributed by atoms with Crippen LogP contribution in [0.3, 0.4) is 0 Å². The Labute approximate surface area is 145 Å². The summed E-state index contributed by atoms with van der Waals surface area (Å²) in [4.78, 5) is 16.0. The molecular weight excluding hydrogens is 338 g/mol. The number of halogens is 1. The number of aliphatic hydroxyl groups is 1. The molecule has 0 saturated carbocycles. The number of nitrogens with zero attached hydrogens (tertiary/aromatic N) is 2. The van der Waals surface area contributed by atoms with Crippen LogP contribution in [0.2, 0.25) is 0 Å². The molecule has 0 unspecified atom stereocenters. The molecule has 1 aromatic rings. The van der Waals surface area contributed by atoms with E-state index in [-0.39, 0.29) is 36.5 Å². The van der Waals surface area contributed by atoms with Crippen LogP contribution < -0.4 is 10.2 Å². The standard InChI is InChI=1S/C15H21N3O5.ClH/c1-2-3-4-5-11(20)22-12-9(8-19)21-14-13(12)23-15-17-10(16)6-7-18(14)15;/h6-7,9,12-14,16,19H,2-5,8H2,1H3;1H/t9-,12-,13+,14-;/m1./s1. The van der Waals surface area contributed by atoms with E-state index in [4.69, 9.17) is 19.6 Å². The molecule has 2 aliphatic rings. The third-order valence-corrected chi connectivity index (χ3v) is 4.06. The van der Waals surface area contributed by atoms with Crippen molar-refractivity contribution in [3.63, 3.8) is 0 Å². The normalized spacial score (nSPS) is 26.9. The fourth-order valence-electron chi connectivity index (χ4n) is 2.89. The SMILES string of the molecule is CCCCCC(=O)O[C@H]1[C@@H]2Oc3nc(=N)ccn3[C@@H]2O[C@@H]1CO.Cl. The van der Waals surface area contributed by atoms with Crippen LogP contribution >= 0.6 is 12.4 Å². The first-order valence-electron chi connectivity index (χ1n) is 7.90. The Morgan fingerprint density at radius 2 is 2.29 bits per heavy atom. The number of esters is 1. The summed E-state index contributed by atoms with van der Waals surface area (Å²) in [5.74, 6) is -0.315. The van der Waals surface area contributed by atoms with Crippen LogP contribution in [-0.4, -0.2) is 45.5 Å². The second kappa shape index (κ2) is 7.96. The largest absolute Gasteiger partial charge is 0.455 e. The fourth-order valence-corrected chi connectivity index (χ4v) is 2.89. The fraction of sp³-hybridized carbons (Fsp3) is 0.667. The van der Waals surface area contributed by atoms with Gasteiger partial charge < -0.3 is 19.3 Å². The number of ether oxygens (including phenoxy) is 3. The molecule has 0 radical (unpaired) electrons. The molecule has 3 rings (SSSR count). The highest BCUT2D eigenvalue weighted by molar-refractivity contribution is 5.85. The molecule has 1 saturated heterocycles. The number of rotatable bonds is 6. The molecule has 4 atom stereocenters. The minimum atomic E-state index is -0.685. The predicted octanol–water partition coefficient (Wildman–Crippen LogP) is 0.927. The van der Waals surface area contributed by atoms with Gasteiger partial charge in [-0.3, -0.25) is 14.8 Å². The second-order valence-electron chi connectivity index (χ2n) is 5.74. The summed E-state index contributed by atoms with van der Waals surface area (Å²) in [6, 6.07) is 1.78. The van der Waals surface area contributed by atoms with Gasteiger partial charge in [0.25, 0.3) is 0 Å². The maximum Gasteiger partial charge on any atom is 0.306 e. The topological polar surface area (TPSA) is 107 Å². The highest BCUT2D eigenvalue weighted by Gasteiger charge is 2.53. The van der Waals surface area contributed by atoms with Gasteiger partial charge in [-0.05, 0) is 12.5 Å². The maximum absolute atomic E-state index is 12.0. The van der Waals surface area contributed by atoms with E-state index in [9.17, 15) is 9.90 Å². The number of nitrogens with one attached hydrogen (secondary N) is 1. The van der Waals surface area contributed by atoms with Crippen molar-refractivity contribution in [2.45, 2.75) is 57.1 Å². The molecule has 0 spiro atoms. The first-order chi connectivity index (χ1) is 11.1. The Bertz CT molecular complexity index is 638. The number of aromatic nitrogens is 2. The van der Waals surface area contributed by atoms with Crippen molar-refractivity contribution in [3.8, 4) is 6.01 Å². The van der Waals surface area contributed by atoms with Crippen molar-refractivity contribution < 1.29 is 24.1 Å². The maximum atomic E-state index is 12.0. The summed E-state index contributed by atoms with van der Waals surface area (Å²) in [7, 11) is 0. The Hall–Kier alpha value is -1.64. The number of fused-ring (bicyclic) bond motifs is 3. The molecule has 8 nitrogen and oxygen atoms in total. The molecule has 24 heavy (non-hydrogen) atoms. The average Bonchev–Trinajstić information content (AvgIpc) is 3.03. The summed E-state index contributed by atoms with van der Waals surface area (Å²) in [5, 5.41) is 17.0. The number of carbonyl (C=O) groups excluding carboxylic acids is 1. The van der Waals surface area contributed by atoms with E-state index in [1.165, 1.54) is 6.07 Å². The van der Waals surface area contributed by atoms with Gasteiger partial charge in [-0.1, -0.05) is 19.8 Å². The lowest BCUT2D eigenvalue weighted by Crippen LogP contribution is -2.39. The van der Waals surface area contributed by atoms with Gasteiger partial charge in [-0.15, -0.1) is 12.4 Å². The molecule has 9 heteroatoms. The van der Waals surface area contributed by atoms with Gasteiger partial charge in [0.1, 0.15) is 6.10 Å². The van der Waals surface area contributed by atoms with Crippen LogP contribution in [0.5, 0.6) is 6.01 Å². The molecule has 3 heterocycles. The number of hydrogen-bond acceptors (Lipinski definition) is 7. The van der Waals surface area contributed by atoms with E-state index in [1.54, 1.807) is 10.8 Å². The van der Waals surface area contributed by atoms with Gasteiger partial charge in [0, 0.05) is 12.6 Å². The lowest BCUT2D eigenvalue weighted by atomic mass is 10.1. The first kappa shape index (κ1) is 18.7. The van der Waals surface area contributed by atoms with E-state index < -0.39 is 24.5 Å². The zero-order valence-corrected chi connectivity index (χ0v) is 14.2. The first-order valence-corrected chi connectivity index (χ1v) is 7.90. The average molecular weight is 360 g/mol. The highest BCUT2D eigenvalue weighted by Crippen LogP contribution is 2.40. The van der Waals surface area contributed by atoms with Crippen molar-refractivity contribution in [3.05, 3.63) is 17.8 Å². The quantitative estimate of drug-likeness (QED) is 0.578. The van der Waals surface area contributed by atoms with Crippen molar-refractivity contribution in [2.75, 3.05) is 6.61 Å². The molecule has 2 aliphatic heterocycles. The van der Waals surface area contributed by atoms with Crippen LogP contribution in [0, 0.1) is 5.41 Å². The van der Waals surface area contributed by atoms with E-state index in [0.717, 1.165) is 19.3 Å². The molecule has 0 bridgehead atoms. The third kappa shape index (κ3) is 3.55. The van der Waals surface area contributed by atoms with Gasteiger partial charge in [-0.2, -0.15) is 4.98 Å². The van der Waals surface area contributed by atoms with Gasteiger partial charge in [0.15, 0.2) is 23.9 Å². The van der Waals surface area contributed by atoms with Gasteiger partial charge >= 0.3 is 12.0 Å². The van der Waals surface area contributed by atoms with Crippen LogP contribution in [0.4, 0.5) is 0 Å². The van der Waals surface area contributed by atoms with E-state index in [2.05, 4.69) is 11.9 Å². The Morgan fingerprint density at radius 3 is 3.00 bits per heavy atom. The van der Waals surface area contributed by atoms with E-state index in [0.29, 0.717) is 6.42 Å². The molecular formula is C15H22ClN3O5. The van der Waals surface area contributed by atoms with Crippen LogP contribution in [0.1, 0.15) is 38.8 Å². The summed E-state index contributed by atoms with van der Waals surface area (Å²) in [5.41, 5.74) is 0.0862. The van der Waals surface area contributed by atoms with Gasteiger partial charge in [0.2, 0.25) is 0 Å². The van der Waals surface area contributed by atoms with Crippen molar-refractivity contribution in [2.24, 2.45) is 0 Å². The van der Waals surface area contributed by atoms with Crippen LogP contribution in [0.25, 0.3) is 0 Å². The zero-order chi connectivity index (χ0) is 16.4. The number of carbonyl (C=O) groups is 1. The van der Waals surface area contributed by atoms with Crippen molar-refractivity contribution >= 4 is 18.4 Å². The number of aliphatic hydroxyl groups excluding tert-OH is 1. The number of hydrogen-bond donors (Lipinski definition) is 2.